The lowest BCUT2D eigenvalue weighted by atomic mass is 9.68. The van der Waals surface area contributed by atoms with E-state index in [1.807, 2.05) is 0 Å². The van der Waals surface area contributed by atoms with E-state index >= 15 is 0 Å². The molecule has 2 nitrogen and oxygen atoms in total. The van der Waals surface area contributed by atoms with Crippen molar-refractivity contribution < 1.29 is 5.11 Å². The normalized spacial score (nSPS) is 38.4. The van der Waals surface area contributed by atoms with Gasteiger partial charge in [0.2, 0.25) is 0 Å². The second kappa shape index (κ2) is 4.84. The Morgan fingerprint density at radius 1 is 1.07 bits per heavy atom. The van der Waals surface area contributed by atoms with Crippen LogP contribution in [0.2, 0.25) is 0 Å². The van der Waals surface area contributed by atoms with Crippen LogP contribution in [0.5, 0.6) is 0 Å². The van der Waals surface area contributed by atoms with Gasteiger partial charge in [0.1, 0.15) is 0 Å². The van der Waals surface area contributed by atoms with Crippen molar-refractivity contribution in [1.82, 2.24) is 0 Å². The van der Waals surface area contributed by atoms with Gasteiger partial charge < -0.3 is 10.8 Å². The lowest BCUT2D eigenvalue weighted by molar-refractivity contribution is 0.0524. The molecule has 0 atom stereocenters. The highest BCUT2D eigenvalue weighted by molar-refractivity contribution is 4.89. The Morgan fingerprint density at radius 2 is 1.67 bits per heavy atom. The molecule has 2 fully saturated rings. The second-order valence-electron chi connectivity index (χ2n) is 5.79. The molecule has 2 saturated carbocycles. The fraction of sp³-hybridized carbons (Fsp3) is 1.00. The van der Waals surface area contributed by atoms with Gasteiger partial charge in [0.15, 0.2) is 0 Å². The van der Waals surface area contributed by atoms with Crippen molar-refractivity contribution in [2.45, 2.75) is 63.9 Å². The van der Waals surface area contributed by atoms with Crippen molar-refractivity contribution in [3.05, 3.63) is 0 Å². The van der Waals surface area contributed by atoms with Crippen molar-refractivity contribution >= 4 is 0 Å². The molecule has 2 rings (SSSR count). The maximum absolute atomic E-state index is 9.56. The molecule has 15 heavy (non-hydrogen) atoms. The molecule has 88 valence electrons. The molecule has 0 aromatic carbocycles. The highest BCUT2D eigenvalue weighted by Gasteiger charge is 2.36. The molecule has 3 N–H and O–H groups in total. The lowest BCUT2D eigenvalue weighted by Gasteiger charge is -2.40. The Morgan fingerprint density at radius 3 is 2.20 bits per heavy atom. The first-order chi connectivity index (χ1) is 7.24. The monoisotopic (exact) mass is 211 g/mol. The summed E-state index contributed by atoms with van der Waals surface area (Å²) in [5, 5.41) is 9.56. The van der Waals surface area contributed by atoms with Crippen LogP contribution in [0, 0.1) is 11.3 Å². The molecular weight excluding hydrogens is 186 g/mol. The lowest BCUT2D eigenvalue weighted by Crippen LogP contribution is -2.37. The van der Waals surface area contributed by atoms with Crippen LogP contribution in [0.4, 0.5) is 0 Å². The quantitative estimate of drug-likeness (QED) is 0.753. The van der Waals surface area contributed by atoms with Gasteiger partial charge in [-0.1, -0.05) is 25.7 Å². The number of hydrogen-bond acceptors (Lipinski definition) is 2. The Balaban J connectivity index is 1.89. The molecule has 0 radical (unpaired) electrons. The van der Waals surface area contributed by atoms with Gasteiger partial charge in [0, 0.05) is 0 Å². The van der Waals surface area contributed by atoms with E-state index in [0.717, 1.165) is 38.1 Å². The van der Waals surface area contributed by atoms with Crippen LogP contribution >= 0.6 is 0 Å². The summed E-state index contributed by atoms with van der Waals surface area (Å²) in [6.07, 6.45) is 11.2. The Hall–Kier alpha value is -0.0800. The number of nitrogens with two attached hydrogens (primary N) is 1. The molecular formula is C13H25NO. The topological polar surface area (TPSA) is 46.2 Å². The largest absolute Gasteiger partial charge is 0.393 e. The summed E-state index contributed by atoms with van der Waals surface area (Å²) in [5.41, 5.74) is 6.36. The summed E-state index contributed by atoms with van der Waals surface area (Å²) in [7, 11) is 0. The smallest absolute Gasteiger partial charge is 0.0540 e. The van der Waals surface area contributed by atoms with Gasteiger partial charge in [-0.25, -0.2) is 0 Å². The van der Waals surface area contributed by atoms with Crippen molar-refractivity contribution in [3.8, 4) is 0 Å². The van der Waals surface area contributed by atoms with Crippen molar-refractivity contribution in [2.24, 2.45) is 17.1 Å². The maximum atomic E-state index is 9.56. The summed E-state index contributed by atoms with van der Waals surface area (Å²) in [6, 6.07) is 0. The number of aliphatic hydroxyl groups is 1. The zero-order valence-corrected chi connectivity index (χ0v) is 9.75. The van der Waals surface area contributed by atoms with Gasteiger partial charge in [-0.2, -0.15) is 0 Å². The first-order valence-electron chi connectivity index (χ1n) is 6.62. The summed E-state index contributed by atoms with van der Waals surface area (Å²) in [6.45, 7) is 0.830. The van der Waals surface area contributed by atoms with Gasteiger partial charge in [0.05, 0.1) is 6.10 Å². The van der Waals surface area contributed by atoms with Crippen LogP contribution < -0.4 is 5.73 Å². The molecule has 0 aromatic rings. The molecule has 2 aliphatic rings. The summed E-state index contributed by atoms with van der Waals surface area (Å²) in [5.74, 6) is 0.934. The van der Waals surface area contributed by atoms with E-state index in [4.69, 9.17) is 5.73 Å². The molecule has 2 aliphatic carbocycles. The summed E-state index contributed by atoms with van der Waals surface area (Å²) < 4.78 is 0. The van der Waals surface area contributed by atoms with Crippen LogP contribution in [-0.4, -0.2) is 17.8 Å². The molecule has 0 saturated heterocycles. The molecule has 0 amide bonds. The third-order valence-electron chi connectivity index (χ3n) is 4.65. The Bertz CT molecular complexity index is 191. The van der Waals surface area contributed by atoms with E-state index in [9.17, 15) is 5.11 Å². The van der Waals surface area contributed by atoms with E-state index in [2.05, 4.69) is 0 Å². The Kier molecular flexibility index (Phi) is 3.68. The zero-order chi connectivity index (χ0) is 10.7. The van der Waals surface area contributed by atoms with Crippen LogP contribution in [0.25, 0.3) is 0 Å². The zero-order valence-electron chi connectivity index (χ0n) is 9.75. The van der Waals surface area contributed by atoms with Gasteiger partial charge in [-0.3, -0.25) is 0 Å². The highest BCUT2D eigenvalue weighted by Crippen LogP contribution is 2.44. The average Bonchev–Trinajstić information content (AvgIpc) is 2.75. The SMILES string of the molecule is NCC1(CC2CCCC2)CCC(O)CC1. The first-order valence-corrected chi connectivity index (χ1v) is 6.62. The van der Waals surface area contributed by atoms with Crippen molar-refractivity contribution in [2.75, 3.05) is 6.54 Å². The molecule has 0 spiro atoms. The van der Waals surface area contributed by atoms with Crippen LogP contribution in [0.15, 0.2) is 0 Å². The standard InChI is InChI=1S/C13H25NO/c14-10-13(7-5-12(15)6-8-13)9-11-3-1-2-4-11/h11-12,15H,1-10,14H2. The van der Waals surface area contributed by atoms with Gasteiger partial charge in [-0.05, 0) is 50.0 Å². The first kappa shape index (κ1) is 11.4. The van der Waals surface area contributed by atoms with Crippen LogP contribution in [0.3, 0.4) is 0 Å². The minimum atomic E-state index is -0.0479. The average molecular weight is 211 g/mol. The van der Waals surface area contributed by atoms with Crippen molar-refractivity contribution in [1.29, 1.82) is 0 Å². The second-order valence-corrected chi connectivity index (χ2v) is 5.79. The van der Waals surface area contributed by atoms with Crippen molar-refractivity contribution in [3.63, 3.8) is 0 Å². The van der Waals surface area contributed by atoms with Gasteiger partial charge >= 0.3 is 0 Å². The Labute approximate surface area is 93.2 Å². The third-order valence-corrected chi connectivity index (χ3v) is 4.65. The fourth-order valence-electron chi connectivity index (χ4n) is 3.53. The molecule has 0 bridgehead atoms. The molecule has 0 unspecified atom stereocenters. The van der Waals surface area contributed by atoms with E-state index in [0.29, 0.717) is 5.41 Å². The number of aliphatic hydroxyl groups excluding tert-OH is 1. The fourth-order valence-corrected chi connectivity index (χ4v) is 3.53. The molecule has 0 aliphatic heterocycles. The van der Waals surface area contributed by atoms with Crippen LogP contribution in [-0.2, 0) is 0 Å². The minimum absolute atomic E-state index is 0.0479. The molecule has 0 aromatic heterocycles. The number of rotatable bonds is 3. The van der Waals surface area contributed by atoms with Crippen LogP contribution in [0.1, 0.15) is 57.8 Å². The minimum Gasteiger partial charge on any atom is -0.393 e. The third kappa shape index (κ3) is 2.73. The summed E-state index contributed by atoms with van der Waals surface area (Å²) >= 11 is 0. The number of hydrogen-bond donors (Lipinski definition) is 2. The van der Waals surface area contributed by atoms with Gasteiger partial charge in [0.25, 0.3) is 0 Å². The van der Waals surface area contributed by atoms with E-state index < -0.39 is 0 Å². The molecule has 2 heteroatoms. The van der Waals surface area contributed by atoms with E-state index in [1.54, 1.807) is 0 Å². The summed E-state index contributed by atoms with van der Waals surface area (Å²) in [4.78, 5) is 0. The van der Waals surface area contributed by atoms with E-state index in [1.165, 1.54) is 32.1 Å². The highest BCUT2D eigenvalue weighted by atomic mass is 16.3. The maximum Gasteiger partial charge on any atom is 0.0540 e. The predicted molar refractivity (Wildman–Crippen MR) is 62.5 cm³/mol. The molecule has 0 heterocycles. The van der Waals surface area contributed by atoms with Gasteiger partial charge in [-0.15, -0.1) is 0 Å². The van der Waals surface area contributed by atoms with E-state index in [-0.39, 0.29) is 6.10 Å². The predicted octanol–water partition coefficient (Wildman–Crippen LogP) is 2.45.